The van der Waals surface area contributed by atoms with E-state index in [1.165, 1.54) is 0 Å². The normalized spacial score (nSPS) is 11.7. The van der Waals surface area contributed by atoms with E-state index >= 15 is 0 Å². The van der Waals surface area contributed by atoms with Crippen molar-refractivity contribution in [1.29, 1.82) is 0 Å². The maximum absolute atomic E-state index is 12.4. The topological polar surface area (TPSA) is 106 Å². The molecule has 8 nitrogen and oxygen atoms in total. The molecule has 0 fully saturated rings. The Labute approximate surface area is 187 Å². The van der Waals surface area contributed by atoms with Gasteiger partial charge in [-0.25, -0.2) is 0 Å². The highest BCUT2D eigenvalue weighted by Crippen LogP contribution is 2.43. The fraction of sp³-hybridized carbons (Fsp3) is 0.333. The van der Waals surface area contributed by atoms with Crippen LogP contribution in [0.25, 0.3) is 22.5 Å². The Bertz CT molecular complexity index is 1070. The van der Waals surface area contributed by atoms with Gasteiger partial charge < -0.3 is 29.2 Å². The van der Waals surface area contributed by atoms with Gasteiger partial charge in [0.1, 0.15) is 5.75 Å². The Kier molecular flexibility index (Phi) is 7.37. The second-order valence-corrected chi connectivity index (χ2v) is 7.17. The molecule has 0 amide bonds. The van der Waals surface area contributed by atoms with Crippen molar-refractivity contribution in [3.8, 4) is 45.4 Å². The fourth-order valence-corrected chi connectivity index (χ4v) is 3.50. The summed E-state index contributed by atoms with van der Waals surface area (Å²) in [6.45, 7) is 1.89. The summed E-state index contributed by atoms with van der Waals surface area (Å²) in [7, 11) is 6.22. The number of hydrogen-bond donors (Lipinski definition) is 1. The number of hydrogen-bond acceptors (Lipinski definition) is 8. The van der Waals surface area contributed by atoms with E-state index in [4.69, 9.17) is 29.2 Å². The average Bonchev–Trinajstić information content (AvgIpc) is 3.32. The number of benzene rings is 2. The number of carbonyl (C=O) groups excluding carboxylic acids is 1. The molecule has 0 spiro atoms. The maximum Gasteiger partial charge on any atom is 0.203 e. The molecule has 1 unspecified atom stereocenters. The number of nitrogens with zero attached hydrogens (tertiary/aromatic N) is 1. The average molecular weight is 440 g/mol. The molecule has 0 bridgehead atoms. The van der Waals surface area contributed by atoms with Crippen molar-refractivity contribution in [2.24, 2.45) is 5.73 Å². The summed E-state index contributed by atoms with van der Waals surface area (Å²) in [5, 5.41) is 4.00. The predicted octanol–water partition coefficient (Wildman–Crippen LogP) is 3.89. The number of methoxy groups -OCH3 is 4. The highest BCUT2D eigenvalue weighted by atomic mass is 16.5. The smallest absolute Gasteiger partial charge is 0.203 e. The molecule has 1 atom stereocenters. The van der Waals surface area contributed by atoms with Crippen molar-refractivity contribution in [1.82, 2.24) is 5.16 Å². The molecule has 2 N–H and O–H groups in total. The third kappa shape index (κ3) is 4.55. The Balaban J connectivity index is 2.07. The predicted molar refractivity (Wildman–Crippen MR) is 121 cm³/mol. The summed E-state index contributed by atoms with van der Waals surface area (Å²) in [6, 6.07) is 8.68. The van der Waals surface area contributed by atoms with Crippen LogP contribution < -0.4 is 24.7 Å². The standard InChI is InChI=1S/C24H28N2O6/c1-6-18(25)19(27)10-15-9-14(7-8-20(15)28-2)17-13-26-32-23(17)16-11-21(29-3)24(31-5)22(12-16)30-4/h7-9,11-13,18H,6,10,25H2,1-5H3. The van der Waals surface area contributed by atoms with Gasteiger partial charge in [0.2, 0.25) is 5.75 Å². The molecule has 0 saturated carbocycles. The number of rotatable bonds is 10. The highest BCUT2D eigenvalue weighted by Gasteiger charge is 2.21. The summed E-state index contributed by atoms with van der Waals surface area (Å²) >= 11 is 0. The van der Waals surface area contributed by atoms with Gasteiger partial charge in [-0.15, -0.1) is 0 Å². The number of nitrogens with two attached hydrogens (primary N) is 1. The Morgan fingerprint density at radius 3 is 2.19 bits per heavy atom. The zero-order valence-corrected chi connectivity index (χ0v) is 18.9. The molecule has 0 saturated heterocycles. The summed E-state index contributed by atoms with van der Waals surface area (Å²) < 4.78 is 27.4. The summed E-state index contributed by atoms with van der Waals surface area (Å²) in [6.07, 6.45) is 2.39. The van der Waals surface area contributed by atoms with Crippen molar-refractivity contribution < 1.29 is 28.3 Å². The van der Waals surface area contributed by atoms with Crippen LogP contribution in [0.2, 0.25) is 0 Å². The second-order valence-electron chi connectivity index (χ2n) is 7.17. The van der Waals surface area contributed by atoms with Crippen LogP contribution in [-0.4, -0.2) is 45.4 Å². The fourth-order valence-electron chi connectivity index (χ4n) is 3.50. The third-order valence-electron chi connectivity index (χ3n) is 5.31. The van der Waals surface area contributed by atoms with Crippen LogP contribution in [0.5, 0.6) is 23.0 Å². The van der Waals surface area contributed by atoms with Crippen molar-refractivity contribution in [3.05, 3.63) is 42.1 Å². The first-order valence-corrected chi connectivity index (χ1v) is 10.2. The summed E-state index contributed by atoms with van der Waals surface area (Å²) in [5.41, 5.74) is 8.93. The minimum absolute atomic E-state index is 0.0434. The molecule has 0 aliphatic carbocycles. The molecule has 1 heterocycles. The van der Waals surface area contributed by atoms with Crippen molar-refractivity contribution >= 4 is 5.78 Å². The minimum atomic E-state index is -0.506. The van der Waals surface area contributed by atoms with E-state index in [1.807, 2.05) is 25.1 Å². The van der Waals surface area contributed by atoms with Crippen LogP contribution in [0.3, 0.4) is 0 Å². The lowest BCUT2D eigenvalue weighted by Crippen LogP contribution is -2.30. The zero-order valence-electron chi connectivity index (χ0n) is 18.9. The van der Waals surface area contributed by atoms with Crippen LogP contribution in [0.15, 0.2) is 41.1 Å². The molecule has 2 aromatic carbocycles. The van der Waals surface area contributed by atoms with Gasteiger partial charge in [0.25, 0.3) is 0 Å². The largest absolute Gasteiger partial charge is 0.496 e. The van der Waals surface area contributed by atoms with Gasteiger partial charge in [-0.1, -0.05) is 18.1 Å². The molecule has 32 heavy (non-hydrogen) atoms. The highest BCUT2D eigenvalue weighted by molar-refractivity contribution is 5.87. The van der Waals surface area contributed by atoms with E-state index in [2.05, 4.69) is 5.16 Å². The number of carbonyl (C=O) groups is 1. The quantitative estimate of drug-likeness (QED) is 0.506. The molecule has 3 rings (SSSR count). The van der Waals surface area contributed by atoms with Gasteiger partial charge in [-0.3, -0.25) is 4.79 Å². The van der Waals surface area contributed by atoms with E-state index < -0.39 is 6.04 Å². The van der Waals surface area contributed by atoms with E-state index in [0.717, 1.165) is 16.7 Å². The number of aromatic nitrogens is 1. The molecular formula is C24H28N2O6. The van der Waals surface area contributed by atoms with E-state index in [1.54, 1.807) is 46.8 Å². The Morgan fingerprint density at radius 1 is 0.969 bits per heavy atom. The molecule has 170 valence electrons. The van der Waals surface area contributed by atoms with Crippen molar-refractivity contribution in [2.75, 3.05) is 28.4 Å². The second kappa shape index (κ2) is 10.2. The van der Waals surface area contributed by atoms with Gasteiger partial charge in [-0.2, -0.15) is 0 Å². The van der Waals surface area contributed by atoms with E-state index in [0.29, 0.717) is 40.7 Å². The minimum Gasteiger partial charge on any atom is -0.496 e. The Morgan fingerprint density at radius 2 is 1.62 bits per heavy atom. The monoisotopic (exact) mass is 440 g/mol. The lowest BCUT2D eigenvalue weighted by molar-refractivity contribution is -0.119. The van der Waals surface area contributed by atoms with Crippen LogP contribution >= 0.6 is 0 Å². The Hall–Kier alpha value is -3.52. The van der Waals surface area contributed by atoms with Crippen molar-refractivity contribution in [2.45, 2.75) is 25.8 Å². The summed E-state index contributed by atoms with van der Waals surface area (Å²) in [4.78, 5) is 12.4. The molecule has 0 aliphatic rings. The molecule has 3 aromatic rings. The molecule has 0 radical (unpaired) electrons. The first kappa shape index (κ1) is 23.1. The number of Topliss-reactive ketones (excluding diaryl/α,β-unsaturated/α-hetero) is 1. The van der Waals surface area contributed by atoms with Crippen LogP contribution in [0.4, 0.5) is 0 Å². The van der Waals surface area contributed by atoms with Crippen molar-refractivity contribution in [3.63, 3.8) is 0 Å². The number of ether oxygens (including phenoxy) is 4. The molecule has 8 heteroatoms. The lowest BCUT2D eigenvalue weighted by atomic mass is 9.96. The maximum atomic E-state index is 12.4. The third-order valence-corrected chi connectivity index (χ3v) is 5.31. The van der Waals surface area contributed by atoms with Gasteiger partial charge in [-0.05, 0) is 36.2 Å². The van der Waals surface area contributed by atoms with Gasteiger partial charge in [0.15, 0.2) is 23.0 Å². The molecule has 1 aromatic heterocycles. The first-order valence-electron chi connectivity index (χ1n) is 10.2. The van der Waals surface area contributed by atoms with Crippen LogP contribution in [0, 0.1) is 0 Å². The SMILES string of the molecule is CCC(N)C(=O)Cc1cc(-c2cnoc2-c2cc(OC)c(OC)c(OC)c2)ccc1OC. The first-order chi connectivity index (χ1) is 15.5. The van der Waals surface area contributed by atoms with Gasteiger partial charge in [0.05, 0.1) is 40.7 Å². The van der Waals surface area contributed by atoms with E-state index in [9.17, 15) is 4.79 Å². The van der Waals surface area contributed by atoms with Crippen LogP contribution in [-0.2, 0) is 11.2 Å². The van der Waals surface area contributed by atoms with Gasteiger partial charge >= 0.3 is 0 Å². The molecular weight excluding hydrogens is 412 g/mol. The zero-order chi connectivity index (χ0) is 23.3. The van der Waals surface area contributed by atoms with Gasteiger partial charge in [0, 0.05) is 23.1 Å². The van der Waals surface area contributed by atoms with Crippen LogP contribution in [0.1, 0.15) is 18.9 Å². The lowest BCUT2D eigenvalue weighted by Gasteiger charge is -2.14. The summed E-state index contributed by atoms with van der Waals surface area (Å²) in [5.74, 6) is 2.58. The van der Waals surface area contributed by atoms with E-state index in [-0.39, 0.29) is 12.2 Å². The number of ketones is 1. The molecule has 0 aliphatic heterocycles.